The first-order chi connectivity index (χ1) is 12.2. The van der Waals surface area contributed by atoms with Crippen LogP contribution < -0.4 is 0 Å². The zero-order chi connectivity index (χ0) is 17.5. The Morgan fingerprint density at radius 1 is 0.800 bits per heavy atom. The molecular weight excluding hydrogens is 300 g/mol. The van der Waals surface area contributed by atoms with Crippen molar-refractivity contribution in [1.82, 2.24) is 0 Å². The SMILES string of the molecule is CC1=CC=C(CCCCC2CCCC(C3CCC(C)CC3)CC2)CC1. The molecule has 0 bridgehead atoms. The molecule has 0 heterocycles. The molecular formula is C25H42. The van der Waals surface area contributed by atoms with Crippen molar-refractivity contribution in [2.45, 2.75) is 110 Å². The molecule has 25 heavy (non-hydrogen) atoms. The van der Waals surface area contributed by atoms with E-state index in [1.165, 1.54) is 64.2 Å². The molecule has 0 aromatic heterocycles. The van der Waals surface area contributed by atoms with Crippen molar-refractivity contribution >= 4 is 0 Å². The van der Waals surface area contributed by atoms with Crippen LogP contribution in [-0.2, 0) is 0 Å². The smallest absolute Gasteiger partial charge is 0.0280 e. The first-order valence-electron chi connectivity index (χ1n) is 11.6. The fraction of sp³-hybridized carbons (Fsp3) is 0.840. The molecule has 2 fully saturated rings. The molecule has 0 amide bonds. The maximum absolute atomic E-state index is 2.46. The van der Waals surface area contributed by atoms with Gasteiger partial charge in [-0.3, -0.25) is 0 Å². The second kappa shape index (κ2) is 9.98. The Morgan fingerprint density at radius 3 is 2.32 bits per heavy atom. The normalized spacial score (nSPS) is 34.2. The Morgan fingerprint density at radius 2 is 1.56 bits per heavy atom. The summed E-state index contributed by atoms with van der Waals surface area (Å²) in [4.78, 5) is 0. The summed E-state index contributed by atoms with van der Waals surface area (Å²) < 4.78 is 0. The standard InChI is InChI=1S/C25H42/c1-20-10-14-23(15-11-20)7-4-3-6-22-8-5-9-24(19-16-22)25-17-12-21(2)13-18-25/h10,14,21-22,24-25H,3-9,11-13,15-19H2,1-2H3. The third-order valence-corrected chi connectivity index (χ3v) is 7.66. The van der Waals surface area contributed by atoms with Gasteiger partial charge in [0.25, 0.3) is 0 Å². The lowest BCUT2D eigenvalue weighted by atomic mass is 9.74. The predicted octanol–water partition coefficient (Wildman–Crippen LogP) is 8.24. The Hall–Kier alpha value is -0.520. The van der Waals surface area contributed by atoms with Crippen molar-refractivity contribution in [3.8, 4) is 0 Å². The zero-order valence-corrected chi connectivity index (χ0v) is 17.1. The molecule has 0 heteroatoms. The Labute approximate surface area is 157 Å². The molecule has 0 nitrogen and oxygen atoms in total. The van der Waals surface area contributed by atoms with Gasteiger partial charge in [-0.05, 0) is 75.5 Å². The lowest BCUT2D eigenvalue weighted by Crippen LogP contribution is -2.20. The van der Waals surface area contributed by atoms with Gasteiger partial charge in [-0.15, -0.1) is 0 Å². The molecule has 2 saturated carbocycles. The van der Waals surface area contributed by atoms with Crippen LogP contribution >= 0.6 is 0 Å². The summed E-state index contributed by atoms with van der Waals surface area (Å²) in [5.41, 5.74) is 3.27. The summed E-state index contributed by atoms with van der Waals surface area (Å²) in [6.45, 7) is 4.72. The van der Waals surface area contributed by atoms with E-state index in [4.69, 9.17) is 0 Å². The molecule has 3 aliphatic carbocycles. The molecule has 3 aliphatic rings. The van der Waals surface area contributed by atoms with Crippen LogP contribution in [0.2, 0.25) is 0 Å². The average molecular weight is 343 g/mol. The summed E-state index contributed by atoms with van der Waals surface area (Å²) in [6.07, 6.45) is 26.9. The van der Waals surface area contributed by atoms with E-state index in [-0.39, 0.29) is 0 Å². The van der Waals surface area contributed by atoms with E-state index < -0.39 is 0 Å². The topological polar surface area (TPSA) is 0 Å². The monoisotopic (exact) mass is 342 g/mol. The van der Waals surface area contributed by atoms with Gasteiger partial charge in [-0.25, -0.2) is 0 Å². The molecule has 142 valence electrons. The zero-order valence-electron chi connectivity index (χ0n) is 17.1. The molecule has 2 unspecified atom stereocenters. The van der Waals surface area contributed by atoms with Crippen LogP contribution in [0.25, 0.3) is 0 Å². The third kappa shape index (κ3) is 6.30. The van der Waals surface area contributed by atoms with Gasteiger partial charge in [0.05, 0.1) is 0 Å². The van der Waals surface area contributed by atoms with E-state index in [0.29, 0.717) is 0 Å². The van der Waals surface area contributed by atoms with Gasteiger partial charge in [0, 0.05) is 0 Å². The highest BCUT2D eigenvalue weighted by Gasteiger charge is 2.28. The van der Waals surface area contributed by atoms with Crippen LogP contribution in [0.3, 0.4) is 0 Å². The van der Waals surface area contributed by atoms with E-state index in [9.17, 15) is 0 Å². The Balaban J connectivity index is 1.32. The van der Waals surface area contributed by atoms with Crippen LogP contribution in [0.15, 0.2) is 23.3 Å². The van der Waals surface area contributed by atoms with Gasteiger partial charge < -0.3 is 0 Å². The fourth-order valence-corrected chi connectivity index (χ4v) is 5.70. The first-order valence-corrected chi connectivity index (χ1v) is 11.6. The Bertz CT molecular complexity index is 447. The van der Waals surface area contributed by atoms with Crippen molar-refractivity contribution in [3.63, 3.8) is 0 Å². The fourth-order valence-electron chi connectivity index (χ4n) is 5.70. The van der Waals surface area contributed by atoms with Crippen LogP contribution in [-0.4, -0.2) is 0 Å². The van der Waals surface area contributed by atoms with Crippen LogP contribution in [0.5, 0.6) is 0 Å². The first kappa shape index (κ1) is 19.2. The van der Waals surface area contributed by atoms with Gasteiger partial charge in [0.2, 0.25) is 0 Å². The molecule has 0 N–H and O–H groups in total. The second-order valence-corrected chi connectivity index (χ2v) is 9.74. The predicted molar refractivity (Wildman–Crippen MR) is 111 cm³/mol. The molecule has 0 aliphatic heterocycles. The van der Waals surface area contributed by atoms with Crippen molar-refractivity contribution in [3.05, 3.63) is 23.3 Å². The minimum Gasteiger partial charge on any atom is -0.0730 e. The molecule has 3 rings (SSSR count). The molecule has 0 saturated heterocycles. The van der Waals surface area contributed by atoms with Gasteiger partial charge in [0.15, 0.2) is 0 Å². The maximum Gasteiger partial charge on any atom is -0.0280 e. The number of hydrogen-bond acceptors (Lipinski definition) is 0. The highest BCUT2D eigenvalue weighted by molar-refractivity contribution is 5.22. The Kier molecular flexibility index (Phi) is 7.68. The summed E-state index contributed by atoms with van der Waals surface area (Å²) >= 11 is 0. The van der Waals surface area contributed by atoms with E-state index >= 15 is 0 Å². The lowest BCUT2D eigenvalue weighted by molar-refractivity contribution is 0.194. The number of allylic oxidation sites excluding steroid dienone is 4. The quantitative estimate of drug-likeness (QED) is 0.337. The number of rotatable bonds is 6. The minimum atomic E-state index is 1.01. The van der Waals surface area contributed by atoms with E-state index in [1.54, 1.807) is 43.3 Å². The largest absolute Gasteiger partial charge is 0.0730 e. The maximum atomic E-state index is 2.46. The van der Waals surface area contributed by atoms with Gasteiger partial charge in [-0.1, -0.05) is 81.6 Å². The van der Waals surface area contributed by atoms with Crippen molar-refractivity contribution in [1.29, 1.82) is 0 Å². The molecule has 2 atom stereocenters. The highest BCUT2D eigenvalue weighted by atomic mass is 14.3. The van der Waals surface area contributed by atoms with Crippen molar-refractivity contribution < 1.29 is 0 Å². The average Bonchev–Trinajstić information content (AvgIpc) is 2.87. The van der Waals surface area contributed by atoms with Gasteiger partial charge in [0.1, 0.15) is 0 Å². The highest BCUT2D eigenvalue weighted by Crippen LogP contribution is 2.41. The molecule has 0 aromatic rings. The number of hydrogen-bond donors (Lipinski definition) is 0. The van der Waals surface area contributed by atoms with Gasteiger partial charge in [-0.2, -0.15) is 0 Å². The lowest BCUT2D eigenvalue weighted by Gasteiger charge is -2.32. The summed E-state index contributed by atoms with van der Waals surface area (Å²) in [6, 6.07) is 0. The third-order valence-electron chi connectivity index (χ3n) is 7.66. The summed E-state index contributed by atoms with van der Waals surface area (Å²) in [7, 11) is 0. The van der Waals surface area contributed by atoms with E-state index in [0.717, 1.165) is 23.7 Å². The second-order valence-electron chi connectivity index (χ2n) is 9.74. The summed E-state index contributed by atoms with van der Waals surface area (Å²) in [5.74, 6) is 4.23. The molecule has 0 radical (unpaired) electrons. The molecule has 0 spiro atoms. The summed E-state index contributed by atoms with van der Waals surface area (Å²) in [5, 5.41) is 0. The van der Waals surface area contributed by atoms with Crippen LogP contribution in [0, 0.1) is 23.7 Å². The van der Waals surface area contributed by atoms with E-state index in [1.807, 2.05) is 0 Å². The van der Waals surface area contributed by atoms with Crippen LogP contribution in [0.1, 0.15) is 110 Å². The van der Waals surface area contributed by atoms with E-state index in [2.05, 4.69) is 26.0 Å². The van der Waals surface area contributed by atoms with Crippen molar-refractivity contribution in [2.24, 2.45) is 23.7 Å². The molecule has 0 aromatic carbocycles. The number of unbranched alkanes of at least 4 members (excludes halogenated alkanes) is 1. The van der Waals surface area contributed by atoms with Gasteiger partial charge >= 0.3 is 0 Å². The minimum absolute atomic E-state index is 1.01. The van der Waals surface area contributed by atoms with Crippen LogP contribution in [0.4, 0.5) is 0 Å². The van der Waals surface area contributed by atoms with Crippen molar-refractivity contribution in [2.75, 3.05) is 0 Å².